The molecule has 1 aliphatic carbocycles. The first-order valence-corrected chi connectivity index (χ1v) is 13.7. The van der Waals surface area contributed by atoms with Crippen LogP contribution >= 0.6 is 47.8 Å². The van der Waals surface area contributed by atoms with E-state index in [1.54, 1.807) is 24.4 Å². The SMILES string of the molecule is CNC1CCC(N(Cc2cc(-c3cccnc3)ccc2OC)C(=O)c2sc3c(F)ccc(F)c3c2Cl)CC1.Cl.Cl. The molecule has 2 aromatic carbocycles. The summed E-state index contributed by atoms with van der Waals surface area (Å²) in [6.45, 7) is 0.264. The van der Waals surface area contributed by atoms with Gasteiger partial charge in [0.25, 0.3) is 5.91 Å². The molecule has 0 radical (unpaired) electrons. The second-order valence-corrected chi connectivity index (χ2v) is 10.9. The van der Waals surface area contributed by atoms with Gasteiger partial charge in [-0.05, 0) is 68.6 Å². The Morgan fingerprint density at radius 2 is 1.82 bits per heavy atom. The predicted molar refractivity (Wildman–Crippen MR) is 162 cm³/mol. The van der Waals surface area contributed by atoms with Crippen LogP contribution in [0.2, 0.25) is 5.02 Å². The summed E-state index contributed by atoms with van der Waals surface area (Å²) >= 11 is 7.44. The fourth-order valence-electron chi connectivity index (χ4n) is 5.21. The number of pyridine rings is 1. The van der Waals surface area contributed by atoms with Gasteiger partial charge >= 0.3 is 0 Å². The first-order chi connectivity index (χ1) is 18.4. The molecular formula is C29H30Cl3F2N3O2S. The number of rotatable bonds is 7. The largest absolute Gasteiger partial charge is 0.496 e. The number of amides is 1. The van der Waals surface area contributed by atoms with Crippen molar-refractivity contribution in [1.82, 2.24) is 15.2 Å². The van der Waals surface area contributed by atoms with Crippen LogP contribution in [0, 0.1) is 11.6 Å². The van der Waals surface area contributed by atoms with E-state index >= 15 is 0 Å². The number of carbonyl (C=O) groups is 1. The molecule has 0 bridgehead atoms. The molecule has 5 nitrogen and oxygen atoms in total. The molecule has 1 N–H and O–H groups in total. The van der Waals surface area contributed by atoms with Crippen molar-refractivity contribution < 1.29 is 18.3 Å². The van der Waals surface area contributed by atoms with Crippen LogP contribution in [0.5, 0.6) is 5.75 Å². The third kappa shape index (κ3) is 6.37. The van der Waals surface area contributed by atoms with Crippen molar-refractivity contribution in [2.75, 3.05) is 14.2 Å². The third-order valence-corrected chi connectivity index (χ3v) is 8.97. The first kappa shape index (κ1) is 32.0. The first-order valence-electron chi connectivity index (χ1n) is 12.5. The summed E-state index contributed by atoms with van der Waals surface area (Å²) in [5.41, 5.74) is 2.72. The Balaban J connectivity index is 0.00000220. The lowest BCUT2D eigenvalue weighted by molar-refractivity contribution is 0.0604. The number of carbonyl (C=O) groups excluding carboxylic acids is 1. The minimum absolute atomic E-state index is 0. The highest BCUT2D eigenvalue weighted by Gasteiger charge is 2.33. The van der Waals surface area contributed by atoms with Crippen molar-refractivity contribution >= 4 is 63.7 Å². The highest BCUT2D eigenvalue weighted by molar-refractivity contribution is 7.21. The average Bonchev–Trinajstić information content (AvgIpc) is 3.32. The maximum Gasteiger partial charge on any atom is 0.266 e. The van der Waals surface area contributed by atoms with Gasteiger partial charge in [0.05, 0.1) is 22.2 Å². The number of benzene rings is 2. The average molecular weight is 629 g/mol. The summed E-state index contributed by atoms with van der Waals surface area (Å²) < 4.78 is 34.8. The topological polar surface area (TPSA) is 54.5 Å². The van der Waals surface area contributed by atoms with Gasteiger partial charge in [-0.15, -0.1) is 36.2 Å². The maximum atomic E-state index is 14.6. The number of hydrogen-bond donors (Lipinski definition) is 1. The van der Waals surface area contributed by atoms with E-state index < -0.39 is 11.6 Å². The Kier molecular flexibility index (Phi) is 11.1. The van der Waals surface area contributed by atoms with E-state index in [1.807, 2.05) is 37.4 Å². The number of hydrogen-bond acceptors (Lipinski definition) is 5. The van der Waals surface area contributed by atoms with Crippen molar-refractivity contribution in [3.8, 4) is 16.9 Å². The second kappa shape index (κ2) is 13.9. The summed E-state index contributed by atoms with van der Waals surface area (Å²) in [7, 11) is 3.55. The van der Waals surface area contributed by atoms with Gasteiger partial charge in [-0.1, -0.05) is 23.7 Å². The van der Waals surface area contributed by atoms with Gasteiger partial charge in [-0.3, -0.25) is 9.78 Å². The monoisotopic (exact) mass is 627 g/mol. The Hall–Kier alpha value is -2.49. The number of nitrogens with zero attached hydrogens (tertiary/aromatic N) is 2. The minimum atomic E-state index is -0.645. The number of methoxy groups -OCH3 is 1. The van der Waals surface area contributed by atoms with Crippen LogP contribution < -0.4 is 10.1 Å². The van der Waals surface area contributed by atoms with Crippen molar-refractivity contribution in [2.24, 2.45) is 0 Å². The van der Waals surface area contributed by atoms with Crippen LogP contribution in [0.15, 0.2) is 54.9 Å². The molecule has 2 heterocycles. The molecule has 1 saturated carbocycles. The van der Waals surface area contributed by atoms with Crippen LogP contribution in [0.1, 0.15) is 40.9 Å². The Bertz CT molecular complexity index is 1460. The van der Waals surface area contributed by atoms with Crippen LogP contribution in [-0.4, -0.2) is 42.0 Å². The second-order valence-electron chi connectivity index (χ2n) is 9.47. The molecule has 5 rings (SSSR count). The van der Waals surface area contributed by atoms with Crippen molar-refractivity contribution in [1.29, 1.82) is 0 Å². The molecule has 0 aliphatic heterocycles. The number of nitrogens with one attached hydrogen (secondary N) is 1. The molecule has 11 heteroatoms. The molecule has 4 aromatic rings. The molecule has 2 aromatic heterocycles. The van der Waals surface area contributed by atoms with Gasteiger partial charge in [0, 0.05) is 42.1 Å². The lowest BCUT2D eigenvalue weighted by atomic mass is 9.89. The molecule has 1 fully saturated rings. The van der Waals surface area contributed by atoms with E-state index in [9.17, 15) is 13.6 Å². The molecule has 1 aliphatic rings. The smallest absolute Gasteiger partial charge is 0.266 e. The summed E-state index contributed by atoms with van der Waals surface area (Å²) in [5.74, 6) is -0.927. The van der Waals surface area contributed by atoms with Gasteiger partial charge in [-0.25, -0.2) is 8.78 Å². The van der Waals surface area contributed by atoms with E-state index in [2.05, 4.69) is 10.3 Å². The Labute approximate surface area is 253 Å². The normalized spacial score (nSPS) is 16.6. The van der Waals surface area contributed by atoms with Crippen molar-refractivity contribution in [3.63, 3.8) is 0 Å². The van der Waals surface area contributed by atoms with Gasteiger partial charge in [0.2, 0.25) is 0 Å². The van der Waals surface area contributed by atoms with Crippen molar-refractivity contribution in [3.05, 3.63) is 82.0 Å². The zero-order valence-electron chi connectivity index (χ0n) is 22.0. The lowest BCUT2D eigenvalue weighted by Crippen LogP contribution is -2.44. The van der Waals surface area contributed by atoms with Gasteiger partial charge in [0.1, 0.15) is 22.3 Å². The lowest BCUT2D eigenvalue weighted by Gasteiger charge is -2.37. The Morgan fingerprint density at radius 1 is 1.10 bits per heavy atom. The molecule has 0 saturated heterocycles. The molecule has 0 atom stereocenters. The number of ether oxygens (including phenoxy) is 1. The number of fused-ring (bicyclic) bond motifs is 1. The number of aromatic nitrogens is 1. The van der Waals surface area contributed by atoms with E-state index in [0.29, 0.717) is 11.8 Å². The molecular weight excluding hydrogens is 599 g/mol. The minimum Gasteiger partial charge on any atom is -0.496 e. The van der Waals surface area contributed by atoms with E-state index in [1.165, 1.54) is 0 Å². The van der Waals surface area contributed by atoms with Crippen LogP contribution in [0.4, 0.5) is 8.78 Å². The van der Waals surface area contributed by atoms with Crippen LogP contribution in [0.3, 0.4) is 0 Å². The van der Waals surface area contributed by atoms with E-state index in [0.717, 1.165) is 65.8 Å². The van der Waals surface area contributed by atoms with E-state index in [-0.39, 0.29) is 63.3 Å². The fourth-order valence-corrected chi connectivity index (χ4v) is 6.71. The van der Waals surface area contributed by atoms with Gasteiger partial charge in [-0.2, -0.15) is 0 Å². The summed E-state index contributed by atoms with van der Waals surface area (Å²) in [6.07, 6.45) is 6.94. The summed E-state index contributed by atoms with van der Waals surface area (Å²) in [5, 5.41) is 3.23. The summed E-state index contributed by atoms with van der Waals surface area (Å²) in [6, 6.07) is 12.1. The maximum absolute atomic E-state index is 14.6. The Morgan fingerprint density at radius 3 is 2.45 bits per heavy atom. The molecule has 0 spiro atoms. The zero-order valence-corrected chi connectivity index (χ0v) is 25.2. The summed E-state index contributed by atoms with van der Waals surface area (Å²) in [4.78, 5) is 20.3. The number of thiophene rings is 1. The van der Waals surface area contributed by atoms with E-state index in [4.69, 9.17) is 16.3 Å². The molecule has 1 amide bonds. The number of halogens is 5. The standard InChI is InChI=1S/C29H28ClF2N3O2S.2ClH/c1-33-20-6-8-21(9-7-20)35(29(36)28-26(30)25-22(31)10-11-23(32)27(25)38-28)16-19-14-17(5-12-24(19)37-2)18-4-3-13-34-15-18;;/h3-5,10-15,20-21,33H,6-9,16H2,1-2H3;2*1H. The van der Waals surface area contributed by atoms with Crippen LogP contribution in [0.25, 0.3) is 21.2 Å². The van der Waals surface area contributed by atoms with Gasteiger partial charge in [0.15, 0.2) is 0 Å². The van der Waals surface area contributed by atoms with Crippen molar-refractivity contribution in [2.45, 2.75) is 44.3 Å². The zero-order chi connectivity index (χ0) is 26.8. The highest BCUT2D eigenvalue weighted by atomic mass is 35.5. The molecule has 0 unspecified atom stereocenters. The quantitative estimate of drug-likeness (QED) is 0.226. The molecule has 214 valence electrons. The van der Waals surface area contributed by atoms with Crippen LogP contribution in [-0.2, 0) is 6.54 Å². The molecule has 40 heavy (non-hydrogen) atoms. The van der Waals surface area contributed by atoms with Gasteiger partial charge < -0.3 is 15.0 Å². The predicted octanol–water partition coefficient (Wildman–Crippen LogP) is 7.92. The highest BCUT2D eigenvalue weighted by Crippen LogP contribution is 2.40. The third-order valence-electron chi connectivity index (χ3n) is 7.30. The fraction of sp³-hybridized carbons (Fsp3) is 0.310.